The summed E-state index contributed by atoms with van der Waals surface area (Å²) >= 11 is 0. The van der Waals surface area contributed by atoms with Crippen molar-refractivity contribution in [3.05, 3.63) is 12.2 Å². The monoisotopic (exact) mass is 322 g/mol. The van der Waals surface area contributed by atoms with Gasteiger partial charge in [0.05, 0.1) is 0 Å². The Bertz CT molecular complexity index is 642. The Morgan fingerprint density at radius 3 is 2.25 bits per heavy atom. The van der Waals surface area contributed by atoms with E-state index >= 15 is 0 Å². The fourth-order valence-corrected chi connectivity index (χ4v) is 11.4. The Hall–Kier alpha value is -0.260. The van der Waals surface area contributed by atoms with Crippen LogP contribution < -0.4 is 0 Å². The number of fused-ring (bicyclic) bond motifs is 17. The fraction of sp³-hybridized carbons (Fsp3) is 0.917. The number of hydrogen-bond donors (Lipinski definition) is 0. The molecule has 0 radical (unpaired) electrons. The maximum Gasteiger partial charge on any atom is -0.0191 e. The SMILES string of the molecule is CC1(C)C2C3C=CC(C3)C2CC2C3CC(C4C5CCC(C5)C34)C21C. The number of allylic oxidation sites excluding steroid dienone is 2. The summed E-state index contributed by atoms with van der Waals surface area (Å²) in [5, 5.41) is 0. The first-order valence-corrected chi connectivity index (χ1v) is 11.2. The van der Waals surface area contributed by atoms with E-state index in [1.165, 1.54) is 12.3 Å². The van der Waals surface area contributed by atoms with Crippen molar-refractivity contribution in [2.24, 2.45) is 75.9 Å². The van der Waals surface area contributed by atoms with Crippen molar-refractivity contribution < 1.29 is 0 Å². The Morgan fingerprint density at radius 2 is 1.42 bits per heavy atom. The van der Waals surface area contributed by atoms with Crippen molar-refractivity contribution in [2.75, 3.05) is 0 Å². The van der Waals surface area contributed by atoms with Gasteiger partial charge >= 0.3 is 0 Å². The summed E-state index contributed by atoms with van der Waals surface area (Å²) in [5.74, 6) is 11.9. The Morgan fingerprint density at radius 1 is 0.708 bits per heavy atom. The zero-order valence-electron chi connectivity index (χ0n) is 15.7. The lowest BCUT2D eigenvalue weighted by atomic mass is 9.40. The second kappa shape index (κ2) is 3.86. The highest BCUT2D eigenvalue weighted by Crippen LogP contribution is 2.81. The lowest BCUT2D eigenvalue weighted by Gasteiger charge is -2.64. The third-order valence-corrected chi connectivity index (χ3v) is 12.0. The minimum Gasteiger partial charge on any atom is -0.0848 e. The molecule has 0 spiro atoms. The summed E-state index contributed by atoms with van der Waals surface area (Å²) in [6.45, 7) is 8.26. The second-order valence-electron chi connectivity index (χ2n) is 12.0. The average molecular weight is 323 g/mol. The predicted molar refractivity (Wildman–Crippen MR) is 97.1 cm³/mol. The van der Waals surface area contributed by atoms with Gasteiger partial charge < -0.3 is 0 Å². The summed E-state index contributed by atoms with van der Waals surface area (Å²) < 4.78 is 0. The van der Waals surface area contributed by atoms with Crippen molar-refractivity contribution >= 4 is 0 Å². The van der Waals surface area contributed by atoms with Gasteiger partial charge in [0.2, 0.25) is 0 Å². The molecule has 12 unspecified atom stereocenters. The normalized spacial score (nSPS) is 69.2. The van der Waals surface area contributed by atoms with E-state index in [4.69, 9.17) is 0 Å². The number of rotatable bonds is 0. The molecule has 6 fully saturated rings. The van der Waals surface area contributed by atoms with Crippen molar-refractivity contribution in [3.8, 4) is 0 Å². The Balaban J connectivity index is 1.37. The van der Waals surface area contributed by atoms with Gasteiger partial charge in [-0.1, -0.05) is 32.9 Å². The van der Waals surface area contributed by atoms with Gasteiger partial charge in [-0.25, -0.2) is 0 Å². The standard InChI is InChI=1S/C24H34/c1-23(2)22-15-7-4-12(8-15)16(22)10-18-17-11-19(24(18,23)3)21-14-6-5-13(9-14)20(17)21/h4,7,12-22H,5-6,8-11H2,1-3H3. The molecule has 0 aromatic heterocycles. The quantitative estimate of drug-likeness (QED) is 0.391. The first-order valence-electron chi connectivity index (χ1n) is 11.2. The van der Waals surface area contributed by atoms with E-state index in [2.05, 4.69) is 32.9 Å². The van der Waals surface area contributed by atoms with Gasteiger partial charge in [0.1, 0.15) is 0 Å². The van der Waals surface area contributed by atoms with E-state index in [1.807, 2.05) is 0 Å². The molecule has 7 aliphatic carbocycles. The van der Waals surface area contributed by atoms with Gasteiger partial charge in [0.15, 0.2) is 0 Å². The lowest BCUT2D eigenvalue weighted by molar-refractivity contribution is -0.165. The van der Waals surface area contributed by atoms with Crippen molar-refractivity contribution in [2.45, 2.75) is 59.3 Å². The summed E-state index contributed by atoms with van der Waals surface area (Å²) in [4.78, 5) is 0. The van der Waals surface area contributed by atoms with Crippen LogP contribution >= 0.6 is 0 Å². The highest BCUT2D eigenvalue weighted by molar-refractivity contribution is 5.27. The van der Waals surface area contributed by atoms with Gasteiger partial charge in [-0.2, -0.15) is 0 Å². The van der Waals surface area contributed by atoms with E-state index in [1.54, 1.807) is 32.1 Å². The van der Waals surface area contributed by atoms with Crippen molar-refractivity contribution in [1.82, 2.24) is 0 Å². The van der Waals surface area contributed by atoms with Gasteiger partial charge in [0, 0.05) is 0 Å². The molecule has 6 saturated carbocycles. The fourth-order valence-electron chi connectivity index (χ4n) is 11.4. The molecule has 6 bridgehead atoms. The van der Waals surface area contributed by atoms with Crippen molar-refractivity contribution in [1.29, 1.82) is 0 Å². The minimum atomic E-state index is 0.566. The van der Waals surface area contributed by atoms with Crippen LogP contribution in [0.2, 0.25) is 0 Å². The molecule has 12 atom stereocenters. The average Bonchev–Trinajstić information content (AvgIpc) is 3.35. The van der Waals surface area contributed by atoms with Gasteiger partial charge in [0.25, 0.3) is 0 Å². The molecule has 0 nitrogen and oxygen atoms in total. The van der Waals surface area contributed by atoms with Crippen LogP contribution in [-0.2, 0) is 0 Å². The zero-order chi connectivity index (χ0) is 16.0. The zero-order valence-corrected chi connectivity index (χ0v) is 15.7. The summed E-state index contributed by atoms with van der Waals surface area (Å²) in [6.07, 6.45) is 14.8. The van der Waals surface area contributed by atoms with Crippen LogP contribution in [-0.4, -0.2) is 0 Å². The van der Waals surface area contributed by atoms with E-state index in [0.717, 1.165) is 59.2 Å². The molecule has 0 heteroatoms. The molecule has 24 heavy (non-hydrogen) atoms. The van der Waals surface area contributed by atoms with Crippen LogP contribution in [0.15, 0.2) is 12.2 Å². The van der Waals surface area contributed by atoms with E-state index in [-0.39, 0.29) is 0 Å². The first-order chi connectivity index (χ1) is 11.5. The van der Waals surface area contributed by atoms with Gasteiger partial charge in [-0.15, -0.1) is 0 Å². The van der Waals surface area contributed by atoms with Crippen LogP contribution in [0, 0.1) is 75.9 Å². The molecule has 0 aromatic rings. The summed E-state index contributed by atoms with van der Waals surface area (Å²) in [6, 6.07) is 0. The highest BCUT2D eigenvalue weighted by atomic mass is 14.8. The maximum absolute atomic E-state index is 2.80. The summed E-state index contributed by atoms with van der Waals surface area (Å²) in [7, 11) is 0. The third-order valence-electron chi connectivity index (χ3n) is 12.0. The largest absolute Gasteiger partial charge is 0.0848 e. The maximum atomic E-state index is 2.80. The molecule has 0 amide bonds. The van der Waals surface area contributed by atoms with Crippen molar-refractivity contribution in [3.63, 3.8) is 0 Å². The number of hydrogen-bond acceptors (Lipinski definition) is 0. The molecule has 0 aromatic carbocycles. The molecule has 0 heterocycles. The Labute approximate surface area is 147 Å². The van der Waals surface area contributed by atoms with E-state index < -0.39 is 0 Å². The summed E-state index contributed by atoms with van der Waals surface area (Å²) in [5.41, 5.74) is 1.22. The second-order valence-corrected chi connectivity index (χ2v) is 12.0. The minimum absolute atomic E-state index is 0.566. The molecular weight excluding hydrogens is 288 g/mol. The Kier molecular flexibility index (Phi) is 2.23. The van der Waals surface area contributed by atoms with Crippen LogP contribution in [0.1, 0.15) is 59.3 Å². The van der Waals surface area contributed by atoms with Gasteiger partial charge in [-0.05, 0) is 114 Å². The van der Waals surface area contributed by atoms with Crippen LogP contribution in [0.25, 0.3) is 0 Å². The van der Waals surface area contributed by atoms with E-state index in [0.29, 0.717) is 10.8 Å². The molecule has 130 valence electrons. The molecule has 0 aliphatic heterocycles. The third kappa shape index (κ3) is 1.19. The lowest BCUT2D eigenvalue weighted by Crippen LogP contribution is -2.59. The molecule has 7 rings (SSSR count). The molecule has 7 aliphatic rings. The topological polar surface area (TPSA) is 0 Å². The predicted octanol–water partition coefficient (Wildman–Crippen LogP) is 5.79. The van der Waals surface area contributed by atoms with Crippen LogP contribution in [0.5, 0.6) is 0 Å². The molecular formula is C24H34. The first kappa shape index (κ1) is 13.9. The molecule has 0 N–H and O–H groups in total. The van der Waals surface area contributed by atoms with Crippen LogP contribution in [0.4, 0.5) is 0 Å². The molecule has 0 saturated heterocycles. The van der Waals surface area contributed by atoms with Gasteiger partial charge in [-0.3, -0.25) is 0 Å². The van der Waals surface area contributed by atoms with Crippen LogP contribution in [0.3, 0.4) is 0 Å². The highest BCUT2D eigenvalue weighted by Gasteiger charge is 2.75. The van der Waals surface area contributed by atoms with E-state index in [9.17, 15) is 0 Å². The smallest absolute Gasteiger partial charge is 0.0191 e.